The highest BCUT2D eigenvalue weighted by Crippen LogP contribution is 2.32. The number of benzene rings is 2. The van der Waals surface area contributed by atoms with E-state index < -0.39 is 0 Å². The van der Waals surface area contributed by atoms with Gasteiger partial charge < -0.3 is 14.5 Å². The number of halogens is 1. The smallest absolute Gasteiger partial charge is 0.248 e. The molecule has 0 unspecified atom stereocenters. The lowest BCUT2D eigenvalue weighted by Gasteiger charge is -2.04. The average molecular weight is 342 g/mol. The molecule has 2 aromatic carbocycles. The molecule has 1 aromatic heterocycles. The molecule has 0 fully saturated rings. The maximum Gasteiger partial charge on any atom is 0.248 e. The van der Waals surface area contributed by atoms with E-state index >= 15 is 0 Å². The van der Waals surface area contributed by atoms with E-state index in [2.05, 4.69) is 5.32 Å². The fourth-order valence-corrected chi connectivity index (χ4v) is 2.60. The molecule has 1 N–H and O–H groups in total. The number of fused-ring (bicyclic) bond motifs is 1. The molecule has 24 heavy (non-hydrogen) atoms. The predicted octanol–water partition coefficient (Wildman–Crippen LogP) is 5.06. The van der Waals surface area contributed by atoms with Crippen LogP contribution in [0.2, 0.25) is 5.02 Å². The number of para-hydroxylation sites is 1. The van der Waals surface area contributed by atoms with Crippen molar-refractivity contribution in [2.45, 2.75) is 6.92 Å². The second-order valence-corrected chi connectivity index (χ2v) is 5.75. The van der Waals surface area contributed by atoms with Crippen LogP contribution in [0, 0.1) is 6.92 Å². The van der Waals surface area contributed by atoms with Crippen molar-refractivity contribution in [2.75, 3.05) is 12.4 Å². The molecule has 0 bridgehead atoms. The fraction of sp³-hybridized carbons (Fsp3) is 0.105. The summed E-state index contributed by atoms with van der Waals surface area (Å²) in [4.78, 5) is 12.0. The maximum atomic E-state index is 12.0. The van der Waals surface area contributed by atoms with Crippen LogP contribution in [-0.2, 0) is 4.79 Å². The zero-order chi connectivity index (χ0) is 17.1. The Morgan fingerprint density at radius 2 is 2.04 bits per heavy atom. The van der Waals surface area contributed by atoms with Crippen molar-refractivity contribution in [3.8, 4) is 5.75 Å². The van der Waals surface area contributed by atoms with Crippen LogP contribution in [0.1, 0.15) is 11.3 Å². The first kappa shape index (κ1) is 16.1. The van der Waals surface area contributed by atoms with Crippen LogP contribution < -0.4 is 10.1 Å². The molecule has 0 aliphatic carbocycles. The largest absolute Gasteiger partial charge is 0.493 e. The maximum absolute atomic E-state index is 12.0. The number of ether oxygens (including phenoxy) is 1. The molecular formula is C19H16ClNO3. The van der Waals surface area contributed by atoms with Gasteiger partial charge in [-0.3, -0.25) is 4.79 Å². The van der Waals surface area contributed by atoms with Gasteiger partial charge in [-0.25, -0.2) is 0 Å². The summed E-state index contributed by atoms with van der Waals surface area (Å²) in [5, 5.41) is 4.21. The summed E-state index contributed by atoms with van der Waals surface area (Å²) in [5.74, 6) is 0.877. The number of nitrogens with one attached hydrogen (secondary N) is 1. The predicted molar refractivity (Wildman–Crippen MR) is 96.6 cm³/mol. The van der Waals surface area contributed by atoms with Gasteiger partial charge in [0.15, 0.2) is 11.3 Å². The highest BCUT2D eigenvalue weighted by Gasteiger charge is 2.09. The summed E-state index contributed by atoms with van der Waals surface area (Å²) in [6.07, 6.45) is 3.04. The number of amides is 1. The van der Waals surface area contributed by atoms with Crippen molar-refractivity contribution >= 4 is 40.2 Å². The lowest BCUT2D eigenvalue weighted by atomic mass is 10.2. The zero-order valence-corrected chi connectivity index (χ0v) is 14.1. The molecule has 3 rings (SSSR count). The monoisotopic (exact) mass is 341 g/mol. The van der Waals surface area contributed by atoms with Crippen molar-refractivity contribution in [1.82, 2.24) is 0 Å². The molecular weight excluding hydrogens is 326 g/mol. The molecule has 0 atom stereocenters. The van der Waals surface area contributed by atoms with Crippen molar-refractivity contribution < 1.29 is 13.9 Å². The zero-order valence-electron chi connectivity index (χ0n) is 13.3. The molecule has 0 radical (unpaired) electrons. The van der Waals surface area contributed by atoms with Crippen LogP contribution in [0.5, 0.6) is 5.75 Å². The standard InChI is InChI=1S/C19H16ClNO3/c1-12-5-3-4-6-16(12)21-18(22)8-7-15-10-13-9-14(20)11-17(23-2)19(13)24-15/h3-11H,1-2H3,(H,21,22). The Kier molecular flexibility index (Phi) is 4.58. The van der Waals surface area contributed by atoms with Gasteiger partial charge in [-0.15, -0.1) is 0 Å². The molecule has 0 saturated heterocycles. The lowest BCUT2D eigenvalue weighted by molar-refractivity contribution is -0.111. The quantitative estimate of drug-likeness (QED) is 0.675. The normalized spacial score (nSPS) is 11.1. The summed E-state index contributed by atoms with van der Waals surface area (Å²) < 4.78 is 11.0. The molecule has 0 aliphatic rings. The number of carbonyl (C=O) groups is 1. The van der Waals surface area contributed by atoms with E-state index in [1.54, 1.807) is 31.4 Å². The number of carbonyl (C=O) groups excluding carboxylic acids is 1. The molecule has 4 nitrogen and oxygen atoms in total. The topological polar surface area (TPSA) is 51.5 Å². The number of aryl methyl sites for hydroxylation is 1. The molecule has 3 aromatic rings. The Hall–Kier alpha value is -2.72. The van der Waals surface area contributed by atoms with E-state index in [0.717, 1.165) is 16.6 Å². The first-order valence-electron chi connectivity index (χ1n) is 7.38. The first-order chi connectivity index (χ1) is 11.6. The Labute approximate surface area is 144 Å². The number of rotatable bonds is 4. The van der Waals surface area contributed by atoms with Crippen LogP contribution in [0.3, 0.4) is 0 Å². The van der Waals surface area contributed by atoms with Gasteiger partial charge in [-0.05, 0) is 36.8 Å². The summed E-state index contributed by atoms with van der Waals surface area (Å²) in [6, 6.07) is 12.9. The van der Waals surface area contributed by atoms with Gasteiger partial charge in [-0.2, -0.15) is 0 Å². The van der Waals surface area contributed by atoms with Gasteiger partial charge in [0.2, 0.25) is 5.91 Å². The van der Waals surface area contributed by atoms with E-state index in [9.17, 15) is 4.79 Å². The minimum atomic E-state index is -0.227. The van der Waals surface area contributed by atoms with E-state index in [1.807, 2.05) is 31.2 Å². The van der Waals surface area contributed by atoms with Gasteiger partial charge in [0.25, 0.3) is 0 Å². The highest BCUT2D eigenvalue weighted by atomic mass is 35.5. The van der Waals surface area contributed by atoms with Gasteiger partial charge in [0.1, 0.15) is 5.76 Å². The fourth-order valence-electron chi connectivity index (χ4n) is 2.38. The molecule has 0 saturated carbocycles. The Balaban J connectivity index is 1.80. The van der Waals surface area contributed by atoms with Crippen molar-refractivity contribution in [2.24, 2.45) is 0 Å². The Morgan fingerprint density at radius 3 is 2.79 bits per heavy atom. The number of hydrogen-bond donors (Lipinski definition) is 1. The highest BCUT2D eigenvalue weighted by molar-refractivity contribution is 6.31. The van der Waals surface area contributed by atoms with Crippen LogP contribution in [0.15, 0.2) is 53.0 Å². The van der Waals surface area contributed by atoms with Gasteiger partial charge in [0, 0.05) is 28.2 Å². The van der Waals surface area contributed by atoms with E-state index in [-0.39, 0.29) is 5.91 Å². The van der Waals surface area contributed by atoms with E-state index in [4.69, 9.17) is 20.8 Å². The van der Waals surface area contributed by atoms with E-state index in [0.29, 0.717) is 22.1 Å². The Bertz CT molecular complexity index is 928. The number of anilines is 1. The minimum absolute atomic E-state index is 0.227. The molecule has 1 amide bonds. The number of furan rings is 1. The number of methoxy groups -OCH3 is 1. The Morgan fingerprint density at radius 1 is 1.25 bits per heavy atom. The van der Waals surface area contributed by atoms with Crippen LogP contribution >= 0.6 is 11.6 Å². The third-order valence-corrected chi connectivity index (χ3v) is 3.81. The van der Waals surface area contributed by atoms with Crippen LogP contribution in [0.25, 0.3) is 17.0 Å². The van der Waals surface area contributed by atoms with Gasteiger partial charge in [0.05, 0.1) is 7.11 Å². The molecule has 0 aliphatic heterocycles. The lowest BCUT2D eigenvalue weighted by Crippen LogP contribution is -2.08. The second kappa shape index (κ2) is 6.81. The molecule has 122 valence electrons. The molecule has 5 heteroatoms. The summed E-state index contributed by atoms with van der Waals surface area (Å²) in [5.41, 5.74) is 2.38. The van der Waals surface area contributed by atoms with E-state index in [1.165, 1.54) is 6.08 Å². The van der Waals surface area contributed by atoms with Gasteiger partial charge >= 0.3 is 0 Å². The third-order valence-electron chi connectivity index (χ3n) is 3.59. The minimum Gasteiger partial charge on any atom is -0.493 e. The molecule has 0 spiro atoms. The van der Waals surface area contributed by atoms with Crippen molar-refractivity contribution in [3.05, 3.63) is 64.9 Å². The van der Waals surface area contributed by atoms with Crippen LogP contribution in [-0.4, -0.2) is 13.0 Å². The summed E-state index contributed by atoms with van der Waals surface area (Å²) in [7, 11) is 1.55. The van der Waals surface area contributed by atoms with Crippen LogP contribution in [0.4, 0.5) is 5.69 Å². The third kappa shape index (κ3) is 3.44. The summed E-state index contributed by atoms with van der Waals surface area (Å²) in [6.45, 7) is 1.94. The average Bonchev–Trinajstić information content (AvgIpc) is 2.97. The van der Waals surface area contributed by atoms with Crippen molar-refractivity contribution in [1.29, 1.82) is 0 Å². The van der Waals surface area contributed by atoms with Crippen molar-refractivity contribution in [3.63, 3.8) is 0 Å². The second-order valence-electron chi connectivity index (χ2n) is 5.31. The SMILES string of the molecule is COc1cc(Cl)cc2cc(C=CC(=O)Nc3ccccc3C)oc12. The first-order valence-corrected chi connectivity index (χ1v) is 7.76. The number of hydrogen-bond acceptors (Lipinski definition) is 3. The summed E-state index contributed by atoms with van der Waals surface area (Å²) >= 11 is 6.04. The molecule has 1 heterocycles. The van der Waals surface area contributed by atoms with Gasteiger partial charge in [-0.1, -0.05) is 29.8 Å².